The number of piperidine rings is 1. The van der Waals surface area contributed by atoms with E-state index in [2.05, 4.69) is 4.90 Å². The van der Waals surface area contributed by atoms with E-state index in [1.807, 2.05) is 19.2 Å². The average Bonchev–Trinajstić information content (AvgIpc) is 3.07. The van der Waals surface area contributed by atoms with Crippen LogP contribution in [0.1, 0.15) is 30.4 Å². The van der Waals surface area contributed by atoms with Crippen molar-refractivity contribution >= 4 is 17.7 Å². The van der Waals surface area contributed by atoms with Gasteiger partial charge in [-0.1, -0.05) is 6.07 Å². The molecule has 4 atom stereocenters. The summed E-state index contributed by atoms with van der Waals surface area (Å²) in [5.74, 6) is -0.808. The van der Waals surface area contributed by atoms with E-state index in [0.29, 0.717) is 30.8 Å². The fourth-order valence-corrected chi connectivity index (χ4v) is 6.22. The van der Waals surface area contributed by atoms with Gasteiger partial charge in [0, 0.05) is 24.1 Å². The van der Waals surface area contributed by atoms with Crippen LogP contribution in [0.15, 0.2) is 24.3 Å². The third-order valence-corrected chi connectivity index (χ3v) is 7.33. The van der Waals surface area contributed by atoms with Crippen LogP contribution in [0.5, 0.6) is 11.5 Å². The van der Waals surface area contributed by atoms with E-state index >= 15 is 0 Å². The number of ketones is 1. The predicted octanol–water partition coefficient (Wildman–Crippen LogP) is 1.24. The zero-order valence-corrected chi connectivity index (χ0v) is 16.8. The molecule has 158 valence electrons. The average molecular weight is 413 g/mol. The fraction of sp³-hybridized carbons (Fsp3) is 0.500. The maximum Gasteiger partial charge on any atom is 0.331 e. The summed E-state index contributed by atoms with van der Waals surface area (Å²) in [6.07, 6.45) is 2.82. The van der Waals surface area contributed by atoms with Crippen LogP contribution in [-0.2, 0) is 31.0 Å². The number of esters is 1. The van der Waals surface area contributed by atoms with Crippen LogP contribution >= 0.6 is 0 Å². The number of ether oxygens (including phenoxy) is 3. The Kier molecular flexibility index (Phi) is 4.02. The maximum atomic E-state index is 13.0. The highest BCUT2D eigenvalue weighted by Gasteiger charge is 2.75. The van der Waals surface area contributed by atoms with Crippen molar-refractivity contribution in [2.45, 2.75) is 48.8 Å². The second kappa shape index (κ2) is 6.31. The van der Waals surface area contributed by atoms with E-state index < -0.39 is 29.1 Å². The summed E-state index contributed by atoms with van der Waals surface area (Å²) in [7, 11) is 3.56. The predicted molar refractivity (Wildman–Crippen MR) is 104 cm³/mol. The minimum absolute atomic E-state index is 0.00263. The minimum Gasteiger partial charge on any atom is -0.493 e. The Hall–Kier alpha value is -2.87. The summed E-state index contributed by atoms with van der Waals surface area (Å²) in [5.41, 5.74) is 0.207. The lowest BCUT2D eigenvalue weighted by atomic mass is 9.49. The number of aliphatic carboxylic acids is 1. The molecule has 0 amide bonds. The van der Waals surface area contributed by atoms with Crippen molar-refractivity contribution in [1.82, 2.24) is 4.90 Å². The van der Waals surface area contributed by atoms with Gasteiger partial charge in [0.25, 0.3) is 0 Å². The SMILES string of the molecule is COc1ccc2c3c1O[C@H]1C(=O)CC[C@@]4(OC(=O)/C=C\C(=O)O)[C@H](C2)N(C)CC[C@]314. The topological polar surface area (TPSA) is 102 Å². The van der Waals surface area contributed by atoms with Crippen LogP contribution in [-0.4, -0.2) is 66.2 Å². The number of hydrogen-bond donors (Lipinski definition) is 1. The molecule has 2 bridgehead atoms. The highest BCUT2D eigenvalue weighted by Crippen LogP contribution is 2.65. The van der Waals surface area contributed by atoms with E-state index in [4.69, 9.17) is 19.3 Å². The normalized spacial score (nSPS) is 33.7. The van der Waals surface area contributed by atoms with Crippen LogP contribution in [0.4, 0.5) is 0 Å². The summed E-state index contributed by atoms with van der Waals surface area (Å²) in [6.45, 7) is 0.734. The molecule has 2 aliphatic heterocycles. The number of methoxy groups -OCH3 is 1. The van der Waals surface area contributed by atoms with Crippen molar-refractivity contribution in [3.05, 3.63) is 35.4 Å². The lowest BCUT2D eigenvalue weighted by Crippen LogP contribution is -2.77. The molecule has 2 aliphatic carbocycles. The number of carbonyl (C=O) groups is 3. The van der Waals surface area contributed by atoms with Gasteiger partial charge in [-0.05, 0) is 44.5 Å². The highest BCUT2D eigenvalue weighted by atomic mass is 16.6. The lowest BCUT2D eigenvalue weighted by Gasteiger charge is -2.63. The molecular formula is C22H23NO7. The zero-order chi connectivity index (χ0) is 21.3. The molecule has 0 aromatic heterocycles. The molecule has 1 spiro atoms. The molecule has 8 nitrogen and oxygen atoms in total. The molecule has 2 fully saturated rings. The second-order valence-corrected chi connectivity index (χ2v) is 8.50. The van der Waals surface area contributed by atoms with Crippen LogP contribution in [0, 0.1) is 0 Å². The molecule has 4 aliphatic rings. The lowest BCUT2D eigenvalue weighted by molar-refractivity contribution is -0.209. The first-order valence-electron chi connectivity index (χ1n) is 10.1. The Labute approximate surface area is 173 Å². The van der Waals surface area contributed by atoms with Gasteiger partial charge in [0.2, 0.25) is 0 Å². The van der Waals surface area contributed by atoms with Crippen LogP contribution in [0.3, 0.4) is 0 Å². The summed E-state index contributed by atoms with van der Waals surface area (Å²) in [5, 5.41) is 8.89. The number of carboxylic acid groups (broad SMARTS) is 1. The Morgan fingerprint density at radius 2 is 2.10 bits per heavy atom. The molecule has 30 heavy (non-hydrogen) atoms. The minimum atomic E-state index is -1.22. The number of Topliss-reactive ketones (excluding diaryl/α,β-unsaturated/α-hetero) is 1. The Morgan fingerprint density at radius 3 is 2.83 bits per heavy atom. The third kappa shape index (κ3) is 2.22. The number of likely N-dealkylation sites (N-methyl/N-ethyl adjacent to an activating group) is 1. The maximum absolute atomic E-state index is 13.0. The van der Waals surface area contributed by atoms with Crippen molar-refractivity contribution in [1.29, 1.82) is 0 Å². The monoisotopic (exact) mass is 413 g/mol. The standard InChI is InChI=1S/C22H23NO7/c1-23-10-9-21-18-12-3-4-14(28-2)19(18)29-20(21)13(24)7-8-22(21,15(23)11-12)30-17(27)6-5-16(25)26/h3-6,15,20H,7-11H2,1-2H3,(H,25,26)/b6-5-/t15-,20-,21-,22+/m0/s1. The van der Waals surface area contributed by atoms with Gasteiger partial charge >= 0.3 is 11.9 Å². The molecule has 0 unspecified atom stereocenters. The van der Waals surface area contributed by atoms with E-state index in [1.165, 1.54) is 0 Å². The molecule has 1 saturated heterocycles. The molecule has 8 heteroatoms. The molecule has 5 rings (SSSR count). The van der Waals surface area contributed by atoms with Gasteiger partial charge in [-0.25, -0.2) is 9.59 Å². The zero-order valence-electron chi connectivity index (χ0n) is 16.8. The largest absolute Gasteiger partial charge is 0.493 e. The molecule has 1 aromatic rings. The van der Waals surface area contributed by atoms with Gasteiger partial charge in [-0.15, -0.1) is 0 Å². The molecule has 2 heterocycles. The number of nitrogens with zero attached hydrogens (tertiary/aromatic N) is 1. The van der Waals surface area contributed by atoms with Gasteiger partial charge in [0.15, 0.2) is 23.4 Å². The Morgan fingerprint density at radius 1 is 1.30 bits per heavy atom. The van der Waals surface area contributed by atoms with Crippen molar-refractivity contribution in [3.8, 4) is 11.5 Å². The Bertz CT molecular complexity index is 1000. The number of likely N-dealkylation sites (tertiary alicyclic amines) is 1. The third-order valence-electron chi connectivity index (χ3n) is 7.33. The molecular weight excluding hydrogens is 390 g/mol. The Balaban J connectivity index is 1.73. The second-order valence-electron chi connectivity index (χ2n) is 8.50. The van der Waals surface area contributed by atoms with E-state index in [1.54, 1.807) is 7.11 Å². The van der Waals surface area contributed by atoms with Crippen molar-refractivity contribution in [3.63, 3.8) is 0 Å². The fourth-order valence-electron chi connectivity index (χ4n) is 6.22. The van der Waals surface area contributed by atoms with E-state index in [0.717, 1.165) is 29.8 Å². The van der Waals surface area contributed by atoms with Crippen molar-refractivity contribution in [2.75, 3.05) is 20.7 Å². The molecule has 1 saturated carbocycles. The number of benzene rings is 1. The van der Waals surface area contributed by atoms with Gasteiger partial charge in [0.05, 0.1) is 18.6 Å². The first-order valence-corrected chi connectivity index (χ1v) is 10.1. The van der Waals surface area contributed by atoms with Gasteiger partial charge in [0.1, 0.15) is 5.60 Å². The molecule has 0 radical (unpaired) electrons. The van der Waals surface area contributed by atoms with Gasteiger partial charge in [-0.3, -0.25) is 9.69 Å². The van der Waals surface area contributed by atoms with E-state index in [9.17, 15) is 14.4 Å². The van der Waals surface area contributed by atoms with Crippen LogP contribution in [0.2, 0.25) is 0 Å². The highest BCUT2D eigenvalue weighted by molar-refractivity contribution is 5.93. The number of carbonyl (C=O) groups excluding carboxylic acids is 2. The smallest absolute Gasteiger partial charge is 0.331 e. The molecule has 1 aromatic carbocycles. The van der Waals surface area contributed by atoms with E-state index in [-0.39, 0.29) is 18.2 Å². The summed E-state index contributed by atoms with van der Waals surface area (Å²) in [6, 6.07) is 3.73. The number of hydrogen-bond acceptors (Lipinski definition) is 7. The van der Waals surface area contributed by atoms with Crippen LogP contribution in [0.25, 0.3) is 0 Å². The summed E-state index contributed by atoms with van der Waals surface area (Å²) in [4.78, 5) is 38.8. The summed E-state index contributed by atoms with van der Waals surface area (Å²) < 4.78 is 17.9. The van der Waals surface area contributed by atoms with Gasteiger partial charge in [-0.2, -0.15) is 0 Å². The number of carboxylic acids is 1. The first-order chi connectivity index (χ1) is 14.3. The number of rotatable bonds is 4. The van der Waals surface area contributed by atoms with Crippen molar-refractivity contribution in [2.24, 2.45) is 0 Å². The first kappa shape index (κ1) is 19.1. The quantitative estimate of drug-likeness (QED) is 0.581. The molecule has 1 N–H and O–H groups in total. The van der Waals surface area contributed by atoms with Crippen molar-refractivity contribution < 1.29 is 33.7 Å². The van der Waals surface area contributed by atoms with Crippen LogP contribution < -0.4 is 9.47 Å². The summed E-state index contributed by atoms with van der Waals surface area (Å²) >= 11 is 0. The van der Waals surface area contributed by atoms with Gasteiger partial charge < -0.3 is 19.3 Å².